The van der Waals surface area contributed by atoms with Crippen molar-refractivity contribution < 1.29 is 22.7 Å². The van der Waals surface area contributed by atoms with E-state index in [9.17, 15) is 18.0 Å². The van der Waals surface area contributed by atoms with Gasteiger partial charge in [0.25, 0.3) is 5.91 Å². The van der Waals surface area contributed by atoms with Gasteiger partial charge in [-0.2, -0.15) is 5.10 Å². The molecule has 0 N–H and O–H groups in total. The second-order valence-electron chi connectivity index (χ2n) is 7.02. The van der Waals surface area contributed by atoms with Crippen LogP contribution in [0.25, 0.3) is 5.69 Å². The molecule has 1 fully saturated rings. The molecule has 1 aromatic heterocycles. The average Bonchev–Trinajstić information content (AvgIpc) is 3.19. The molecule has 2 heterocycles. The van der Waals surface area contributed by atoms with Crippen molar-refractivity contribution in [3.05, 3.63) is 47.3 Å². The molecule has 3 rings (SSSR count). The summed E-state index contributed by atoms with van der Waals surface area (Å²) in [6.07, 6.45) is 0.409. The fraction of sp³-hybridized carbons (Fsp3) is 0.421. The summed E-state index contributed by atoms with van der Waals surface area (Å²) in [5, 5.41) is 4.39. The van der Waals surface area contributed by atoms with Crippen LogP contribution in [0.4, 0.5) is 0 Å². The van der Waals surface area contributed by atoms with Gasteiger partial charge in [-0.3, -0.25) is 4.79 Å². The predicted octanol–water partition coefficient (Wildman–Crippen LogP) is 1.29. The molecule has 1 unspecified atom stereocenters. The molecule has 1 amide bonds. The number of aromatic nitrogens is 2. The number of hydrogen-bond acceptors (Lipinski definition) is 6. The normalized spacial score (nSPS) is 18.0. The summed E-state index contributed by atoms with van der Waals surface area (Å²) >= 11 is 0. The van der Waals surface area contributed by atoms with Crippen LogP contribution in [-0.4, -0.2) is 66.2 Å². The zero-order valence-corrected chi connectivity index (χ0v) is 16.9. The zero-order valence-electron chi connectivity index (χ0n) is 16.1. The van der Waals surface area contributed by atoms with Crippen molar-refractivity contribution >= 4 is 21.7 Å². The Morgan fingerprint density at radius 3 is 2.46 bits per heavy atom. The molecule has 0 radical (unpaired) electrons. The number of amides is 1. The molecule has 2 aromatic rings. The highest BCUT2D eigenvalue weighted by Gasteiger charge is 2.32. The third kappa shape index (κ3) is 4.41. The number of hydrogen-bond donors (Lipinski definition) is 0. The predicted molar refractivity (Wildman–Crippen MR) is 103 cm³/mol. The second-order valence-corrected chi connectivity index (χ2v) is 9.25. The number of likely N-dealkylation sites (N-methyl/N-ethyl adjacent to an activating group) is 1. The van der Waals surface area contributed by atoms with Gasteiger partial charge in [0.2, 0.25) is 0 Å². The molecule has 1 aromatic carbocycles. The fourth-order valence-electron chi connectivity index (χ4n) is 3.23. The fourth-order valence-corrected chi connectivity index (χ4v) is 5.00. The third-order valence-electron chi connectivity index (χ3n) is 4.83. The molecular formula is C19H23N3O5S. The summed E-state index contributed by atoms with van der Waals surface area (Å²) in [6, 6.07) is 8.34. The minimum atomic E-state index is -3.09. The highest BCUT2D eigenvalue weighted by molar-refractivity contribution is 7.91. The summed E-state index contributed by atoms with van der Waals surface area (Å²) in [7, 11) is -1.55. The van der Waals surface area contributed by atoms with E-state index in [-0.39, 0.29) is 17.5 Å². The van der Waals surface area contributed by atoms with E-state index in [1.807, 2.05) is 19.9 Å². The van der Waals surface area contributed by atoms with Crippen molar-refractivity contribution in [2.75, 3.05) is 25.2 Å². The summed E-state index contributed by atoms with van der Waals surface area (Å²) < 4.78 is 30.0. The topological polar surface area (TPSA) is 98.6 Å². The van der Waals surface area contributed by atoms with E-state index >= 15 is 0 Å². The van der Waals surface area contributed by atoms with Gasteiger partial charge in [0.15, 0.2) is 16.4 Å². The van der Waals surface area contributed by atoms with E-state index in [1.165, 1.54) is 11.9 Å². The molecule has 150 valence electrons. The smallest absolute Gasteiger partial charge is 0.338 e. The molecule has 9 heteroatoms. The molecule has 28 heavy (non-hydrogen) atoms. The second kappa shape index (κ2) is 7.75. The number of aryl methyl sites for hydroxylation is 2. The molecule has 1 saturated heterocycles. The molecular weight excluding hydrogens is 382 g/mol. The van der Waals surface area contributed by atoms with Crippen LogP contribution in [0, 0.1) is 13.8 Å². The molecule has 8 nitrogen and oxygen atoms in total. The minimum absolute atomic E-state index is 0.0447. The number of rotatable bonds is 5. The van der Waals surface area contributed by atoms with Crippen molar-refractivity contribution in [3.63, 3.8) is 0 Å². The molecule has 0 bridgehead atoms. The Morgan fingerprint density at radius 2 is 1.93 bits per heavy atom. The SMILES string of the molecule is Cc1cc(C)n(-c2ccc(C(=O)OCC(=O)N(C)C3CCS(=O)(=O)C3)cc2)n1. The molecule has 1 atom stereocenters. The lowest BCUT2D eigenvalue weighted by Gasteiger charge is -2.23. The maximum absolute atomic E-state index is 12.2. The highest BCUT2D eigenvalue weighted by atomic mass is 32.2. The van der Waals surface area contributed by atoms with Gasteiger partial charge in [-0.15, -0.1) is 0 Å². The van der Waals surface area contributed by atoms with Crippen LogP contribution in [0.15, 0.2) is 30.3 Å². The van der Waals surface area contributed by atoms with Gasteiger partial charge in [0.05, 0.1) is 28.5 Å². The summed E-state index contributed by atoms with van der Waals surface area (Å²) in [5.41, 5.74) is 3.03. The number of sulfone groups is 1. The molecule has 0 spiro atoms. The van der Waals surface area contributed by atoms with Crippen LogP contribution < -0.4 is 0 Å². The monoisotopic (exact) mass is 405 g/mol. The summed E-state index contributed by atoms with van der Waals surface area (Å²) in [5.74, 6) is -0.997. The Kier molecular flexibility index (Phi) is 5.55. The van der Waals surface area contributed by atoms with E-state index in [1.54, 1.807) is 28.9 Å². The van der Waals surface area contributed by atoms with Gasteiger partial charge >= 0.3 is 5.97 Å². The van der Waals surface area contributed by atoms with Crippen LogP contribution in [-0.2, 0) is 19.4 Å². The van der Waals surface area contributed by atoms with Crippen LogP contribution in [0.1, 0.15) is 28.2 Å². The van der Waals surface area contributed by atoms with Crippen LogP contribution in [0.2, 0.25) is 0 Å². The van der Waals surface area contributed by atoms with Gasteiger partial charge in [-0.05, 0) is 50.6 Å². The molecule has 1 aliphatic rings. The van der Waals surface area contributed by atoms with E-state index in [0.717, 1.165) is 17.1 Å². The number of carbonyl (C=O) groups excluding carboxylic acids is 2. The van der Waals surface area contributed by atoms with Crippen LogP contribution in [0.5, 0.6) is 0 Å². The third-order valence-corrected chi connectivity index (χ3v) is 6.58. The lowest BCUT2D eigenvalue weighted by molar-refractivity contribution is -0.134. The largest absolute Gasteiger partial charge is 0.452 e. The maximum atomic E-state index is 12.2. The number of esters is 1. The number of carbonyl (C=O) groups is 2. The van der Waals surface area contributed by atoms with Crippen molar-refractivity contribution in [1.82, 2.24) is 14.7 Å². The van der Waals surface area contributed by atoms with Gasteiger partial charge < -0.3 is 9.64 Å². The Hall–Kier alpha value is -2.68. The van der Waals surface area contributed by atoms with E-state index in [2.05, 4.69) is 5.10 Å². The highest BCUT2D eigenvalue weighted by Crippen LogP contribution is 2.17. The van der Waals surface area contributed by atoms with Crippen LogP contribution >= 0.6 is 0 Å². The van der Waals surface area contributed by atoms with Crippen molar-refractivity contribution in [3.8, 4) is 5.69 Å². The molecule has 0 aliphatic carbocycles. The number of ether oxygens (including phenoxy) is 1. The maximum Gasteiger partial charge on any atom is 0.338 e. The zero-order chi connectivity index (χ0) is 20.5. The molecule has 0 saturated carbocycles. The van der Waals surface area contributed by atoms with Gasteiger partial charge in [-0.1, -0.05) is 0 Å². The summed E-state index contributed by atoms with van der Waals surface area (Å²) in [4.78, 5) is 25.8. The van der Waals surface area contributed by atoms with Gasteiger partial charge in [-0.25, -0.2) is 17.9 Å². The van der Waals surface area contributed by atoms with Crippen molar-refractivity contribution in [2.45, 2.75) is 26.3 Å². The first-order valence-electron chi connectivity index (χ1n) is 8.93. The van der Waals surface area contributed by atoms with E-state index in [0.29, 0.717) is 12.0 Å². The Bertz CT molecular complexity index is 995. The lowest BCUT2D eigenvalue weighted by atomic mass is 10.2. The van der Waals surface area contributed by atoms with Gasteiger partial charge in [0, 0.05) is 18.8 Å². The standard InChI is InChI=1S/C19H23N3O5S/c1-13-10-14(2)22(20-13)16-6-4-15(5-7-16)19(24)27-11-18(23)21(3)17-8-9-28(25,26)12-17/h4-7,10,17H,8-9,11-12H2,1-3H3. The number of benzene rings is 1. The molecule has 1 aliphatic heterocycles. The van der Waals surface area contributed by atoms with Crippen molar-refractivity contribution in [1.29, 1.82) is 0 Å². The Balaban J connectivity index is 1.57. The first-order valence-corrected chi connectivity index (χ1v) is 10.8. The van der Waals surface area contributed by atoms with Gasteiger partial charge in [0.1, 0.15) is 0 Å². The first-order chi connectivity index (χ1) is 13.2. The van der Waals surface area contributed by atoms with Crippen LogP contribution in [0.3, 0.4) is 0 Å². The Labute approximate surface area is 164 Å². The minimum Gasteiger partial charge on any atom is -0.452 e. The summed E-state index contributed by atoms with van der Waals surface area (Å²) in [6.45, 7) is 3.43. The van der Waals surface area contributed by atoms with E-state index < -0.39 is 28.3 Å². The quantitative estimate of drug-likeness (QED) is 0.695. The average molecular weight is 405 g/mol. The van der Waals surface area contributed by atoms with Crippen molar-refractivity contribution in [2.24, 2.45) is 0 Å². The Morgan fingerprint density at radius 1 is 1.25 bits per heavy atom. The first kappa shape index (κ1) is 20.1. The lowest BCUT2D eigenvalue weighted by Crippen LogP contribution is -2.40. The number of nitrogens with zero attached hydrogens (tertiary/aromatic N) is 3. The van der Waals surface area contributed by atoms with E-state index in [4.69, 9.17) is 4.74 Å².